The highest BCUT2D eigenvalue weighted by Crippen LogP contribution is 2.22. The summed E-state index contributed by atoms with van der Waals surface area (Å²) in [6.07, 6.45) is 0. The van der Waals surface area contributed by atoms with Crippen LogP contribution < -0.4 is 5.32 Å². The summed E-state index contributed by atoms with van der Waals surface area (Å²) in [5.74, 6) is 1.15. The standard InChI is InChI=1S/C12H19NS/c1-12(2,3)14-10-9-13-11-7-5-4-6-8-11/h4-8,13H,9-10H2,1-3H3. The van der Waals surface area contributed by atoms with Crippen molar-refractivity contribution >= 4 is 17.4 Å². The first-order valence-corrected chi connectivity index (χ1v) is 5.99. The molecule has 0 unspecified atom stereocenters. The zero-order chi connectivity index (χ0) is 10.4. The van der Waals surface area contributed by atoms with Crippen molar-refractivity contribution in [3.63, 3.8) is 0 Å². The third-order valence-corrected chi connectivity index (χ3v) is 3.01. The summed E-state index contributed by atoms with van der Waals surface area (Å²) in [6, 6.07) is 10.3. The van der Waals surface area contributed by atoms with E-state index in [9.17, 15) is 0 Å². The van der Waals surface area contributed by atoms with Crippen molar-refractivity contribution in [2.45, 2.75) is 25.5 Å². The van der Waals surface area contributed by atoms with Crippen LogP contribution in [0, 0.1) is 0 Å². The van der Waals surface area contributed by atoms with E-state index in [4.69, 9.17) is 0 Å². The van der Waals surface area contributed by atoms with Crippen molar-refractivity contribution in [3.8, 4) is 0 Å². The number of nitrogens with one attached hydrogen (secondary N) is 1. The molecule has 0 heterocycles. The maximum Gasteiger partial charge on any atom is 0.0340 e. The Morgan fingerprint density at radius 2 is 1.79 bits per heavy atom. The SMILES string of the molecule is CC(C)(C)SCCNc1ccccc1. The van der Waals surface area contributed by atoms with E-state index in [1.54, 1.807) is 0 Å². The Balaban J connectivity index is 2.17. The molecule has 0 amide bonds. The van der Waals surface area contributed by atoms with Gasteiger partial charge in [-0.15, -0.1) is 0 Å². The highest BCUT2D eigenvalue weighted by molar-refractivity contribution is 8.00. The van der Waals surface area contributed by atoms with Gasteiger partial charge in [0.25, 0.3) is 0 Å². The largest absolute Gasteiger partial charge is 0.384 e. The minimum absolute atomic E-state index is 0.373. The molecular formula is C12H19NS. The van der Waals surface area contributed by atoms with Crippen LogP contribution in [-0.2, 0) is 0 Å². The lowest BCUT2D eigenvalue weighted by molar-refractivity contribution is 0.802. The van der Waals surface area contributed by atoms with Crippen LogP contribution in [0.15, 0.2) is 30.3 Å². The van der Waals surface area contributed by atoms with Gasteiger partial charge in [0.2, 0.25) is 0 Å². The minimum atomic E-state index is 0.373. The molecule has 78 valence electrons. The molecule has 1 aromatic carbocycles. The lowest BCUT2D eigenvalue weighted by Gasteiger charge is -2.17. The molecule has 2 heteroatoms. The van der Waals surface area contributed by atoms with Crippen LogP contribution in [0.25, 0.3) is 0 Å². The molecule has 14 heavy (non-hydrogen) atoms. The monoisotopic (exact) mass is 209 g/mol. The van der Waals surface area contributed by atoms with Crippen molar-refractivity contribution in [3.05, 3.63) is 30.3 Å². The van der Waals surface area contributed by atoms with Gasteiger partial charge in [-0.25, -0.2) is 0 Å². The van der Waals surface area contributed by atoms with E-state index in [1.165, 1.54) is 5.69 Å². The third kappa shape index (κ3) is 5.18. The van der Waals surface area contributed by atoms with Crippen LogP contribution in [0.1, 0.15) is 20.8 Å². The lowest BCUT2D eigenvalue weighted by atomic mass is 10.3. The molecule has 0 aromatic heterocycles. The van der Waals surface area contributed by atoms with E-state index in [0.717, 1.165) is 12.3 Å². The van der Waals surface area contributed by atoms with Gasteiger partial charge < -0.3 is 5.32 Å². The Kier molecular flexibility index (Phi) is 4.33. The van der Waals surface area contributed by atoms with E-state index in [-0.39, 0.29) is 0 Å². The Morgan fingerprint density at radius 1 is 1.14 bits per heavy atom. The summed E-state index contributed by atoms with van der Waals surface area (Å²) in [5, 5.41) is 3.40. The summed E-state index contributed by atoms with van der Waals surface area (Å²) < 4.78 is 0.373. The van der Waals surface area contributed by atoms with Gasteiger partial charge in [-0.05, 0) is 12.1 Å². The van der Waals surface area contributed by atoms with Crippen molar-refractivity contribution in [2.24, 2.45) is 0 Å². The second-order valence-corrected chi connectivity index (χ2v) is 6.18. The summed E-state index contributed by atoms with van der Waals surface area (Å²) in [6.45, 7) is 7.78. The molecular weight excluding hydrogens is 190 g/mol. The molecule has 0 radical (unpaired) electrons. The fraction of sp³-hybridized carbons (Fsp3) is 0.500. The summed E-state index contributed by atoms with van der Waals surface area (Å²) in [5.41, 5.74) is 1.21. The van der Waals surface area contributed by atoms with Crippen molar-refractivity contribution < 1.29 is 0 Å². The highest BCUT2D eigenvalue weighted by atomic mass is 32.2. The molecule has 0 aliphatic carbocycles. The normalized spacial score (nSPS) is 11.4. The predicted molar refractivity (Wildman–Crippen MR) is 67.1 cm³/mol. The Morgan fingerprint density at radius 3 is 2.36 bits per heavy atom. The first-order chi connectivity index (χ1) is 6.58. The Hall–Kier alpha value is -0.630. The molecule has 0 aliphatic heterocycles. The van der Waals surface area contributed by atoms with Crippen molar-refractivity contribution in [2.75, 3.05) is 17.6 Å². The number of anilines is 1. The predicted octanol–water partition coefficient (Wildman–Crippen LogP) is 3.63. The van der Waals surface area contributed by atoms with Crippen LogP contribution in [-0.4, -0.2) is 17.0 Å². The van der Waals surface area contributed by atoms with E-state index < -0.39 is 0 Å². The molecule has 1 aromatic rings. The quantitative estimate of drug-likeness (QED) is 0.760. The fourth-order valence-corrected chi connectivity index (χ4v) is 1.93. The van der Waals surface area contributed by atoms with Crippen LogP contribution in [0.3, 0.4) is 0 Å². The average Bonchev–Trinajstić information content (AvgIpc) is 2.13. The van der Waals surface area contributed by atoms with Gasteiger partial charge in [-0.2, -0.15) is 11.8 Å². The third-order valence-electron chi connectivity index (χ3n) is 1.74. The number of para-hydroxylation sites is 1. The van der Waals surface area contributed by atoms with Crippen molar-refractivity contribution in [1.82, 2.24) is 0 Å². The van der Waals surface area contributed by atoms with Gasteiger partial charge >= 0.3 is 0 Å². The fourth-order valence-electron chi connectivity index (χ4n) is 1.11. The molecule has 1 rings (SSSR count). The van der Waals surface area contributed by atoms with Gasteiger partial charge in [0.15, 0.2) is 0 Å². The van der Waals surface area contributed by atoms with Gasteiger partial charge in [-0.3, -0.25) is 0 Å². The van der Waals surface area contributed by atoms with Gasteiger partial charge in [0, 0.05) is 22.7 Å². The van der Waals surface area contributed by atoms with Gasteiger partial charge in [0.1, 0.15) is 0 Å². The first kappa shape index (κ1) is 11.4. The number of benzene rings is 1. The Labute approximate surface area is 91.3 Å². The van der Waals surface area contributed by atoms with E-state index in [1.807, 2.05) is 17.8 Å². The van der Waals surface area contributed by atoms with Crippen molar-refractivity contribution in [1.29, 1.82) is 0 Å². The number of rotatable bonds is 4. The maximum absolute atomic E-state index is 3.40. The zero-order valence-corrected chi connectivity index (χ0v) is 10.0. The van der Waals surface area contributed by atoms with Crippen LogP contribution in [0.2, 0.25) is 0 Å². The lowest BCUT2D eigenvalue weighted by Crippen LogP contribution is -2.12. The van der Waals surface area contributed by atoms with E-state index >= 15 is 0 Å². The number of hydrogen-bond acceptors (Lipinski definition) is 2. The van der Waals surface area contributed by atoms with Crippen LogP contribution in [0.5, 0.6) is 0 Å². The van der Waals surface area contributed by atoms with Gasteiger partial charge in [0.05, 0.1) is 0 Å². The molecule has 0 spiro atoms. The Bertz CT molecular complexity index is 251. The second kappa shape index (κ2) is 5.30. The number of hydrogen-bond donors (Lipinski definition) is 1. The zero-order valence-electron chi connectivity index (χ0n) is 9.21. The molecule has 0 bridgehead atoms. The molecule has 1 N–H and O–H groups in total. The van der Waals surface area contributed by atoms with Crippen LogP contribution in [0.4, 0.5) is 5.69 Å². The summed E-state index contributed by atoms with van der Waals surface area (Å²) >= 11 is 1.99. The smallest absolute Gasteiger partial charge is 0.0340 e. The number of thioether (sulfide) groups is 1. The molecule has 0 aliphatic rings. The molecule has 1 nitrogen and oxygen atoms in total. The second-order valence-electron chi connectivity index (χ2n) is 4.25. The average molecular weight is 209 g/mol. The highest BCUT2D eigenvalue weighted by Gasteiger charge is 2.08. The first-order valence-electron chi connectivity index (χ1n) is 5.01. The summed E-state index contributed by atoms with van der Waals surface area (Å²) in [4.78, 5) is 0. The summed E-state index contributed by atoms with van der Waals surface area (Å²) in [7, 11) is 0. The molecule has 0 fully saturated rings. The van der Waals surface area contributed by atoms with E-state index in [0.29, 0.717) is 4.75 Å². The minimum Gasteiger partial charge on any atom is -0.384 e. The van der Waals surface area contributed by atoms with Gasteiger partial charge in [-0.1, -0.05) is 39.0 Å². The maximum atomic E-state index is 3.40. The molecule has 0 saturated carbocycles. The van der Waals surface area contributed by atoms with Crippen LogP contribution >= 0.6 is 11.8 Å². The molecule has 0 saturated heterocycles. The van der Waals surface area contributed by atoms with E-state index in [2.05, 4.69) is 50.4 Å². The topological polar surface area (TPSA) is 12.0 Å². The molecule has 0 atom stereocenters.